The van der Waals surface area contributed by atoms with Crippen LogP contribution in [0.15, 0.2) is 48.7 Å². The van der Waals surface area contributed by atoms with Crippen LogP contribution in [0.25, 0.3) is 0 Å². The van der Waals surface area contributed by atoms with Gasteiger partial charge in [0.05, 0.1) is 0 Å². The first-order valence-electron chi connectivity index (χ1n) is 8.92. The van der Waals surface area contributed by atoms with Crippen molar-refractivity contribution < 1.29 is 14.6 Å². The average molecular weight is 355 g/mol. The molecule has 2 aromatic rings. The highest BCUT2D eigenvalue weighted by Gasteiger charge is 2.20. The lowest BCUT2D eigenvalue weighted by Gasteiger charge is -2.36. The first-order valence-corrected chi connectivity index (χ1v) is 8.92. The van der Waals surface area contributed by atoms with Gasteiger partial charge in [0.15, 0.2) is 5.78 Å². The molecule has 1 saturated heterocycles. The zero-order valence-electron chi connectivity index (χ0n) is 15.0. The van der Waals surface area contributed by atoms with Gasteiger partial charge in [-0.05, 0) is 31.2 Å². The molecule has 6 nitrogen and oxygen atoms in total. The summed E-state index contributed by atoms with van der Waals surface area (Å²) in [5, 5.41) is 10.3. The minimum Gasteiger partial charge on any atom is -0.491 e. The lowest BCUT2D eigenvalue weighted by Crippen LogP contribution is -2.49. The summed E-state index contributed by atoms with van der Waals surface area (Å²) < 4.78 is 5.64. The molecule has 0 amide bonds. The van der Waals surface area contributed by atoms with E-state index >= 15 is 0 Å². The summed E-state index contributed by atoms with van der Waals surface area (Å²) in [6.07, 6.45) is 1.24. The van der Waals surface area contributed by atoms with Gasteiger partial charge in [0.1, 0.15) is 24.3 Å². The highest BCUT2D eigenvalue weighted by molar-refractivity contribution is 5.94. The highest BCUT2D eigenvalue weighted by atomic mass is 16.5. The maximum atomic E-state index is 11.4. The Labute approximate surface area is 154 Å². The number of ketones is 1. The van der Waals surface area contributed by atoms with E-state index in [-0.39, 0.29) is 12.4 Å². The average Bonchev–Trinajstić information content (AvgIpc) is 2.68. The number of Topliss-reactive ketones (excluding diaryl/α,β-unsaturated/α-hetero) is 1. The number of nitrogens with zero attached hydrogens (tertiary/aromatic N) is 3. The molecule has 1 aromatic carbocycles. The van der Waals surface area contributed by atoms with Gasteiger partial charge in [-0.25, -0.2) is 4.98 Å². The van der Waals surface area contributed by atoms with Crippen LogP contribution in [0.5, 0.6) is 5.75 Å². The highest BCUT2D eigenvalue weighted by Crippen LogP contribution is 2.15. The first-order chi connectivity index (χ1) is 12.6. The van der Waals surface area contributed by atoms with Crippen molar-refractivity contribution in [1.82, 2.24) is 9.88 Å². The molecule has 0 bridgehead atoms. The monoisotopic (exact) mass is 355 g/mol. The lowest BCUT2D eigenvalue weighted by atomic mass is 10.1. The van der Waals surface area contributed by atoms with Crippen LogP contribution < -0.4 is 9.64 Å². The van der Waals surface area contributed by atoms with E-state index in [1.54, 1.807) is 24.3 Å². The third kappa shape index (κ3) is 5.03. The molecule has 0 saturated carbocycles. The molecular formula is C20H25N3O3. The standard InChI is InChI=1S/C20H25N3O3/c1-16(24)17-5-4-6-19(13-17)26-15-18(25)14-22-9-11-23(12-10-22)20-7-2-3-8-21-20/h2-8,13,18,25H,9-12,14-15H2,1H3. The van der Waals surface area contributed by atoms with Crippen LogP contribution in [0.1, 0.15) is 17.3 Å². The molecule has 138 valence electrons. The number of β-amino-alcohol motifs (C(OH)–C–C–N with tert-alkyl or cyclic N) is 1. The van der Waals surface area contributed by atoms with E-state index in [9.17, 15) is 9.90 Å². The second-order valence-electron chi connectivity index (χ2n) is 6.52. The molecule has 1 fully saturated rings. The van der Waals surface area contributed by atoms with Crippen LogP contribution in [0, 0.1) is 0 Å². The van der Waals surface area contributed by atoms with Crippen LogP contribution in [0.4, 0.5) is 5.82 Å². The van der Waals surface area contributed by atoms with Crippen molar-refractivity contribution >= 4 is 11.6 Å². The number of rotatable bonds is 7. The number of carbonyl (C=O) groups excluding carboxylic acids is 1. The Morgan fingerprint density at radius 3 is 2.69 bits per heavy atom. The molecule has 1 unspecified atom stereocenters. The lowest BCUT2D eigenvalue weighted by molar-refractivity contribution is 0.0662. The molecule has 0 spiro atoms. The number of benzene rings is 1. The number of carbonyl (C=O) groups is 1. The fourth-order valence-corrected chi connectivity index (χ4v) is 3.05. The number of aromatic nitrogens is 1. The number of aliphatic hydroxyl groups excluding tert-OH is 1. The molecule has 0 radical (unpaired) electrons. The summed E-state index contributed by atoms with van der Waals surface area (Å²) in [7, 11) is 0. The fraction of sp³-hybridized carbons (Fsp3) is 0.400. The second kappa shape index (κ2) is 8.78. The predicted octanol–water partition coefficient (Wildman–Crippen LogP) is 1.85. The van der Waals surface area contributed by atoms with Crippen molar-refractivity contribution in [3.8, 4) is 5.75 Å². The fourth-order valence-electron chi connectivity index (χ4n) is 3.05. The molecule has 2 heterocycles. The van der Waals surface area contributed by atoms with Crippen LogP contribution in [0.3, 0.4) is 0 Å². The molecule has 26 heavy (non-hydrogen) atoms. The van der Waals surface area contributed by atoms with Gasteiger partial charge >= 0.3 is 0 Å². The predicted molar refractivity (Wildman–Crippen MR) is 101 cm³/mol. The molecule has 1 atom stereocenters. The van der Waals surface area contributed by atoms with Gasteiger partial charge in [0.25, 0.3) is 0 Å². The van der Waals surface area contributed by atoms with Gasteiger partial charge in [0, 0.05) is 44.5 Å². The summed E-state index contributed by atoms with van der Waals surface area (Å²) >= 11 is 0. The van der Waals surface area contributed by atoms with Crippen molar-refractivity contribution in [1.29, 1.82) is 0 Å². The number of hydrogen-bond donors (Lipinski definition) is 1. The Bertz CT molecular complexity index is 715. The summed E-state index contributed by atoms with van der Waals surface area (Å²) in [5.41, 5.74) is 0.614. The van der Waals surface area contributed by atoms with Gasteiger partial charge in [-0.2, -0.15) is 0 Å². The number of anilines is 1. The zero-order chi connectivity index (χ0) is 18.4. The Morgan fingerprint density at radius 1 is 1.19 bits per heavy atom. The molecule has 0 aliphatic carbocycles. The number of hydrogen-bond acceptors (Lipinski definition) is 6. The topological polar surface area (TPSA) is 65.9 Å². The quantitative estimate of drug-likeness (QED) is 0.765. The minimum absolute atomic E-state index is 0.00164. The van der Waals surface area contributed by atoms with E-state index in [1.807, 2.05) is 24.4 Å². The molecule has 1 aromatic heterocycles. The maximum absolute atomic E-state index is 11.4. The van der Waals surface area contributed by atoms with Gasteiger partial charge in [-0.15, -0.1) is 0 Å². The number of pyridine rings is 1. The van der Waals surface area contributed by atoms with Gasteiger partial charge < -0.3 is 14.7 Å². The van der Waals surface area contributed by atoms with Gasteiger partial charge in [0.2, 0.25) is 0 Å². The smallest absolute Gasteiger partial charge is 0.159 e. The first kappa shape index (κ1) is 18.4. The van der Waals surface area contributed by atoms with Crippen LogP contribution in [-0.4, -0.2) is 66.2 Å². The Balaban J connectivity index is 1.42. The minimum atomic E-state index is -0.572. The summed E-state index contributed by atoms with van der Waals surface area (Å²) in [6.45, 7) is 5.86. The van der Waals surface area contributed by atoms with Crippen molar-refractivity contribution in [3.63, 3.8) is 0 Å². The third-order valence-corrected chi connectivity index (χ3v) is 4.50. The van der Waals surface area contributed by atoms with E-state index in [2.05, 4.69) is 14.8 Å². The maximum Gasteiger partial charge on any atom is 0.159 e. The van der Waals surface area contributed by atoms with Crippen LogP contribution in [0.2, 0.25) is 0 Å². The number of aliphatic hydroxyl groups is 1. The second-order valence-corrected chi connectivity index (χ2v) is 6.52. The normalized spacial score (nSPS) is 16.3. The van der Waals surface area contributed by atoms with Crippen LogP contribution >= 0.6 is 0 Å². The molecular weight excluding hydrogens is 330 g/mol. The van der Waals surface area contributed by atoms with E-state index in [1.165, 1.54) is 6.92 Å². The van der Waals surface area contributed by atoms with Crippen molar-refractivity contribution in [2.75, 3.05) is 44.2 Å². The Morgan fingerprint density at radius 2 is 2.00 bits per heavy atom. The molecule has 1 N–H and O–H groups in total. The molecule has 6 heteroatoms. The van der Waals surface area contributed by atoms with E-state index in [0.717, 1.165) is 32.0 Å². The molecule has 1 aliphatic rings. The SMILES string of the molecule is CC(=O)c1cccc(OCC(O)CN2CCN(c3ccccn3)CC2)c1. The number of ether oxygens (including phenoxy) is 1. The van der Waals surface area contributed by atoms with E-state index in [0.29, 0.717) is 17.9 Å². The number of piperazine rings is 1. The summed E-state index contributed by atoms with van der Waals surface area (Å²) in [4.78, 5) is 20.3. The van der Waals surface area contributed by atoms with Crippen molar-refractivity contribution in [2.24, 2.45) is 0 Å². The Kier molecular flexibility index (Phi) is 6.20. The largest absolute Gasteiger partial charge is 0.491 e. The summed E-state index contributed by atoms with van der Waals surface area (Å²) in [6, 6.07) is 13.0. The Hall–Kier alpha value is -2.44. The van der Waals surface area contributed by atoms with Gasteiger partial charge in [-0.3, -0.25) is 9.69 Å². The molecule has 3 rings (SSSR count). The summed E-state index contributed by atoms with van der Waals surface area (Å²) in [5.74, 6) is 1.61. The van der Waals surface area contributed by atoms with E-state index in [4.69, 9.17) is 4.74 Å². The van der Waals surface area contributed by atoms with Gasteiger partial charge in [-0.1, -0.05) is 18.2 Å². The zero-order valence-corrected chi connectivity index (χ0v) is 15.0. The van der Waals surface area contributed by atoms with Crippen molar-refractivity contribution in [3.05, 3.63) is 54.2 Å². The third-order valence-electron chi connectivity index (χ3n) is 4.50. The van der Waals surface area contributed by atoms with Crippen molar-refractivity contribution in [2.45, 2.75) is 13.0 Å². The van der Waals surface area contributed by atoms with Crippen LogP contribution in [-0.2, 0) is 0 Å². The molecule has 1 aliphatic heterocycles. The van der Waals surface area contributed by atoms with E-state index < -0.39 is 6.10 Å².